The number of hydrogen-bond acceptors (Lipinski definition) is 11. The summed E-state index contributed by atoms with van der Waals surface area (Å²) in [6, 6.07) is -0.152. The number of carbonyl (C=O) groups is 3. The van der Waals surface area contributed by atoms with Gasteiger partial charge in [0.2, 0.25) is 11.7 Å². The Morgan fingerprint density at radius 1 is 1.14 bits per heavy atom. The Labute approximate surface area is 289 Å². The minimum absolute atomic E-state index is 0.0537. The number of phenolic OH excluding ortho intramolecular Hbond substituents is 1. The first-order chi connectivity index (χ1) is 23.4. The van der Waals surface area contributed by atoms with Crippen molar-refractivity contribution in [1.29, 1.82) is 0 Å². The number of hydrogen-bond donors (Lipinski definition) is 3. The summed E-state index contributed by atoms with van der Waals surface area (Å²) < 4.78 is 68.5. The summed E-state index contributed by atoms with van der Waals surface area (Å²) in [7, 11) is 6.55. The Morgan fingerprint density at radius 3 is 2.30 bits per heavy atom. The molecule has 1 amide bonds. The second kappa shape index (κ2) is 13.8. The molecule has 0 radical (unpaired) electrons. The van der Waals surface area contributed by atoms with E-state index in [1.165, 1.54) is 19.1 Å². The maximum absolute atomic E-state index is 15.2. The molecule has 0 aromatic heterocycles. The number of likely N-dealkylation sites (N-methyl/N-ethyl adjacent to an activating group) is 1. The van der Waals surface area contributed by atoms with E-state index >= 15 is 13.2 Å². The van der Waals surface area contributed by atoms with Gasteiger partial charge >= 0.3 is 6.18 Å². The van der Waals surface area contributed by atoms with Crippen molar-refractivity contribution in [1.82, 2.24) is 9.80 Å². The minimum atomic E-state index is -4.89. The summed E-state index contributed by atoms with van der Waals surface area (Å²) in [5, 5.41) is 23.5. The van der Waals surface area contributed by atoms with Crippen LogP contribution in [0.25, 0.3) is 0 Å². The van der Waals surface area contributed by atoms with E-state index in [1.54, 1.807) is 14.1 Å². The number of alkyl halides is 3. The van der Waals surface area contributed by atoms with Crippen LogP contribution >= 0.6 is 0 Å². The van der Waals surface area contributed by atoms with E-state index in [-0.39, 0.29) is 47.9 Å². The number of allylic oxidation sites excluding steroid dienone is 1. The van der Waals surface area contributed by atoms with Crippen LogP contribution in [0.1, 0.15) is 60.2 Å². The normalized spacial score (nSPS) is 29.8. The molecule has 1 aromatic carbocycles. The lowest BCUT2D eigenvalue weighted by Crippen LogP contribution is -2.78. The average molecular weight is 712 g/mol. The molecule has 4 N–H and O–H groups in total. The molecular formula is C35H48F3N3O9. The number of carbonyl (C=O) groups excluding carboxylic acids is 3. The van der Waals surface area contributed by atoms with Crippen molar-refractivity contribution in [3.05, 3.63) is 39.7 Å². The van der Waals surface area contributed by atoms with Crippen LogP contribution in [0.5, 0.6) is 5.75 Å². The first kappa shape index (κ1) is 38.2. The molecule has 0 aliphatic heterocycles. The number of aromatic hydroxyl groups is 1. The van der Waals surface area contributed by atoms with Crippen molar-refractivity contribution >= 4 is 17.5 Å². The number of nitrogens with two attached hydrogens (primary N) is 1. The number of halogens is 3. The molecular weight excluding hydrogens is 663 g/mol. The molecule has 5 rings (SSSR count). The van der Waals surface area contributed by atoms with Gasteiger partial charge < -0.3 is 34.9 Å². The van der Waals surface area contributed by atoms with Crippen LogP contribution in [0, 0.1) is 23.7 Å². The third kappa shape index (κ3) is 6.13. The van der Waals surface area contributed by atoms with E-state index in [4.69, 9.17) is 24.7 Å². The van der Waals surface area contributed by atoms with Crippen LogP contribution in [-0.2, 0) is 47.7 Å². The molecule has 0 heterocycles. The molecule has 0 bridgehead atoms. The molecule has 0 saturated heterocycles. The van der Waals surface area contributed by atoms with Crippen LogP contribution < -0.4 is 5.73 Å². The minimum Gasteiger partial charge on any atom is -0.507 e. The predicted octanol–water partition coefficient (Wildman–Crippen LogP) is 2.66. The fourth-order valence-electron chi connectivity index (χ4n) is 8.70. The molecule has 0 spiro atoms. The molecule has 4 aliphatic carbocycles. The topological polar surface area (TPSA) is 161 Å². The van der Waals surface area contributed by atoms with E-state index in [0.29, 0.717) is 25.6 Å². The van der Waals surface area contributed by atoms with Gasteiger partial charge in [-0.15, -0.1) is 0 Å². The molecule has 6 unspecified atom stereocenters. The number of fused-ring (bicyclic) bond motifs is 3. The lowest BCUT2D eigenvalue weighted by atomic mass is 9.54. The first-order valence-electron chi connectivity index (χ1n) is 16.8. The Kier molecular flexibility index (Phi) is 10.5. The molecule has 15 heteroatoms. The number of Topliss-reactive ketones (excluding diaryl/α,β-unsaturated/α-hetero) is 2. The van der Waals surface area contributed by atoms with Crippen molar-refractivity contribution in [3.63, 3.8) is 0 Å². The Hall–Kier alpha value is -3.08. The first-order valence-corrected chi connectivity index (χ1v) is 16.8. The lowest BCUT2D eigenvalue weighted by Gasteiger charge is -2.60. The highest BCUT2D eigenvalue weighted by Gasteiger charge is 2.75. The molecule has 2 fully saturated rings. The molecule has 4 aliphatic rings. The Morgan fingerprint density at radius 2 is 1.80 bits per heavy atom. The molecule has 2 saturated carbocycles. The molecule has 12 nitrogen and oxygen atoms in total. The van der Waals surface area contributed by atoms with Crippen LogP contribution in [-0.4, -0.2) is 116 Å². The number of aliphatic hydroxyl groups is 1. The largest absolute Gasteiger partial charge is 0.507 e. The smallest absolute Gasteiger partial charge is 0.417 e. The number of amides is 1. The van der Waals surface area contributed by atoms with Crippen molar-refractivity contribution in [2.75, 3.05) is 55.1 Å². The van der Waals surface area contributed by atoms with Gasteiger partial charge in [0.25, 0.3) is 0 Å². The van der Waals surface area contributed by atoms with Crippen molar-refractivity contribution < 1.29 is 56.7 Å². The third-order valence-corrected chi connectivity index (χ3v) is 10.8. The Bertz CT molecular complexity index is 1560. The maximum Gasteiger partial charge on any atom is 0.417 e. The average Bonchev–Trinajstić information content (AvgIpc) is 3.82. The number of ether oxygens (including phenoxy) is 4. The van der Waals surface area contributed by atoms with Gasteiger partial charge in [0, 0.05) is 45.3 Å². The van der Waals surface area contributed by atoms with Gasteiger partial charge in [-0.25, -0.2) is 0 Å². The summed E-state index contributed by atoms with van der Waals surface area (Å²) >= 11 is 0. The molecule has 50 heavy (non-hydrogen) atoms. The van der Waals surface area contributed by atoms with Crippen molar-refractivity contribution in [2.45, 2.75) is 75.8 Å². The summed E-state index contributed by atoms with van der Waals surface area (Å²) in [6.45, 7) is 4.89. The van der Waals surface area contributed by atoms with E-state index in [9.17, 15) is 24.6 Å². The highest BCUT2D eigenvalue weighted by atomic mass is 19.4. The summed E-state index contributed by atoms with van der Waals surface area (Å²) in [4.78, 5) is 44.6. The van der Waals surface area contributed by atoms with Gasteiger partial charge in [0.15, 0.2) is 23.1 Å². The van der Waals surface area contributed by atoms with Gasteiger partial charge in [-0.05, 0) is 82.7 Å². The fraction of sp³-hybridized carbons (Fsp3) is 0.686. The number of primary amides is 1. The van der Waals surface area contributed by atoms with Crippen molar-refractivity contribution in [2.24, 2.45) is 29.4 Å². The third-order valence-electron chi connectivity index (χ3n) is 10.8. The van der Waals surface area contributed by atoms with E-state index < -0.39 is 75.7 Å². The number of benzene rings is 1. The molecule has 1 aromatic rings. The number of methoxy groups -OCH3 is 3. The molecule has 278 valence electrons. The van der Waals surface area contributed by atoms with Gasteiger partial charge in [-0.3, -0.25) is 24.2 Å². The SMILES string of the molecule is COC1=C2C(=O)c3c(O)cc(CN(CCOC(C)C)CC4CC4)c(C(F)(F)F)c3CC2CC2C(N(C)C)C(=O)C(C(N)=O)C(O)(OC)C12OC. The van der Waals surface area contributed by atoms with Crippen molar-refractivity contribution in [3.8, 4) is 5.75 Å². The Balaban J connectivity index is 1.71. The quantitative estimate of drug-likeness (QED) is 0.204. The highest BCUT2D eigenvalue weighted by molar-refractivity contribution is 6.14. The zero-order chi connectivity index (χ0) is 37.1. The van der Waals surface area contributed by atoms with Crippen LogP contribution in [0.15, 0.2) is 17.4 Å². The van der Waals surface area contributed by atoms with Gasteiger partial charge in [0.05, 0.1) is 37.0 Å². The molecule has 6 atom stereocenters. The van der Waals surface area contributed by atoms with Crippen LogP contribution in [0.2, 0.25) is 0 Å². The van der Waals surface area contributed by atoms with Gasteiger partial charge in [0.1, 0.15) is 11.5 Å². The van der Waals surface area contributed by atoms with Gasteiger partial charge in [-0.1, -0.05) is 0 Å². The second-order valence-electron chi connectivity index (χ2n) is 14.4. The summed E-state index contributed by atoms with van der Waals surface area (Å²) in [6.07, 6.45) is -3.46. The zero-order valence-electron chi connectivity index (χ0n) is 29.6. The number of ketones is 2. The number of nitrogens with zero attached hydrogens (tertiary/aromatic N) is 2. The predicted molar refractivity (Wildman–Crippen MR) is 173 cm³/mol. The summed E-state index contributed by atoms with van der Waals surface area (Å²) in [5.41, 5.74) is 1.28. The number of rotatable bonds is 13. The summed E-state index contributed by atoms with van der Waals surface area (Å²) in [5.74, 6) is -10.3. The van der Waals surface area contributed by atoms with E-state index in [1.807, 2.05) is 18.7 Å². The standard InChI is InChI=1S/C35H48F3N3O9/c1-17(2)50-11-10-41(15-18-8-9-18)16-20-14-23(42)25-21(26(20)35(36,37)38)12-19-13-22-28(40(3)4)30(44)27(32(39)45)34(46,49-7)33(22,48-6)31(47-5)24(19)29(25)43/h14,17-19,22,27-28,42,46H,8-13,15-16H2,1-7H3,(H2,39,45). The van der Waals surface area contributed by atoms with E-state index in [0.717, 1.165) is 26.0 Å². The van der Waals surface area contributed by atoms with Crippen LogP contribution in [0.3, 0.4) is 0 Å². The zero-order valence-corrected chi connectivity index (χ0v) is 29.6. The highest BCUT2D eigenvalue weighted by Crippen LogP contribution is 2.59. The van der Waals surface area contributed by atoms with Gasteiger partial charge in [-0.2, -0.15) is 13.2 Å². The fourth-order valence-corrected chi connectivity index (χ4v) is 8.70. The maximum atomic E-state index is 15.2. The van der Waals surface area contributed by atoms with E-state index in [2.05, 4.69) is 0 Å². The second-order valence-corrected chi connectivity index (χ2v) is 14.4. The number of phenols is 1. The monoisotopic (exact) mass is 711 g/mol. The van der Waals surface area contributed by atoms with Crippen LogP contribution in [0.4, 0.5) is 13.2 Å². The lowest BCUT2D eigenvalue weighted by molar-refractivity contribution is -0.337.